The number of anilines is 1. The molecule has 2 aromatic heterocycles. The van der Waals surface area contributed by atoms with Gasteiger partial charge in [-0.3, -0.25) is 13.9 Å². The van der Waals surface area contributed by atoms with E-state index in [1.54, 1.807) is 41.0 Å². The van der Waals surface area contributed by atoms with Gasteiger partial charge >= 0.3 is 5.69 Å². The number of nitrogens with two attached hydrogens (primary N) is 1. The highest BCUT2D eigenvalue weighted by Crippen LogP contribution is 2.50. The minimum absolute atomic E-state index is 0.143. The minimum atomic E-state index is -2.87. The van der Waals surface area contributed by atoms with Crippen molar-refractivity contribution in [2.75, 3.05) is 18.8 Å². The molecule has 4 aromatic rings. The molecule has 3 heterocycles. The number of para-hydroxylation sites is 1. The quantitative estimate of drug-likeness (QED) is 0.268. The Morgan fingerprint density at radius 3 is 2.51 bits per heavy atom. The molecule has 2 aliphatic rings. The lowest BCUT2D eigenvalue weighted by atomic mass is 10.0. The number of likely N-dealkylation sites (tertiary alicyclic amines) is 1. The maximum Gasteiger partial charge on any atom is 0.334 e. The fourth-order valence-corrected chi connectivity index (χ4v) is 5.36. The highest BCUT2D eigenvalue weighted by atomic mass is 19.3. The van der Waals surface area contributed by atoms with Crippen LogP contribution >= 0.6 is 0 Å². The number of nitrogens with zero attached hydrogens (tertiary/aromatic N) is 5. The van der Waals surface area contributed by atoms with E-state index in [9.17, 15) is 23.6 Å². The lowest BCUT2D eigenvalue weighted by Crippen LogP contribution is -2.43. The number of imidazole rings is 1. The van der Waals surface area contributed by atoms with Crippen LogP contribution in [0.4, 0.5) is 14.6 Å². The molecular formula is C30H26F2N6O3. The van der Waals surface area contributed by atoms with E-state index in [0.717, 1.165) is 6.08 Å². The lowest BCUT2D eigenvalue weighted by molar-refractivity contribution is -0.128. The van der Waals surface area contributed by atoms with Crippen LogP contribution in [-0.2, 0) is 4.79 Å². The van der Waals surface area contributed by atoms with Crippen molar-refractivity contribution in [1.82, 2.24) is 19.0 Å². The van der Waals surface area contributed by atoms with Crippen LogP contribution in [0.5, 0.6) is 11.5 Å². The molecule has 1 saturated carbocycles. The van der Waals surface area contributed by atoms with Gasteiger partial charge in [0.15, 0.2) is 0 Å². The normalized spacial score (nSPS) is 20.0. The van der Waals surface area contributed by atoms with Crippen LogP contribution in [0.2, 0.25) is 0 Å². The van der Waals surface area contributed by atoms with Gasteiger partial charge in [-0.2, -0.15) is 5.26 Å². The Hall–Kier alpha value is -4.98. The molecule has 9 nitrogen and oxygen atoms in total. The number of rotatable bonds is 6. The summed E-state index contributed by atoms with van der Waals surface area (Å²) in [6, 6.07) is 19.4. The van der Waals surface area contributed by atoms with Crippen molar-refractivity contribution < 1.29 is 18.3 Å². The Labute approximate surface area is 233 Å². The molecule has 2 atom stereocenters. The molecule has 208 valence electrons. The fourth-order valence-electron chi connectivity index (χ4n) is 5.36. The van der Waals surface area contributed by atoms with Crippen molar-refractivity contribution in [3.8, 4) is 23.3 Å². The summed E-state index contributed by atoms with van der Waals surface area (Å²) < 4.78 is 35.8. The van der Waals surface area contributed by atoms with Gasteiger partial charge in [-0.1, -0.05) is 24.3 Å². The van der Waals surface area contributed by atoms with Crippen molar-refractivity contribution in [3.63, 3.8) is 0 Å². The van der Waals surface area contributed by atoms with Gasteiger partial charge in [-0.15, -0.1) is 0 Å². The van der Waals surface area contributed by atoms with Crippen molar-refractivity contribution in [2.24, 2.45) is 5.92 Å². The minimum Gasteiger partial charge on any atom is -0.457 e. The van der Waals surface area contributed by atoms with Gasteiger partial charge in [-0.05, 0) is 55.3 Å². The third-order valence-corrected chi connectivity index (χ3v) is 7.53. The molecular weight excluding hydrogens is 530 g/mol. The van der Waals surface area contributed by atoms with Crippen LogP contribution in [0.3, 0.4) is 0 Å². The van der Waals surface area contributed by atoms with Crippen molar-refractivity contribution >= 4 is 22.8 Å². The number of carbonyl (C=O) groups excluding carboxylic acids is 1. The number of allylic oxidation sites excluding steroid dienone is 1. The second-order valence-corrected chi connectivity index (χ2v) is 10.3. The number of amides is 1. The molecule has 0 radical (unpaired) electrons. The van der Waals surface area contributed by atoms with Crippen LogP contribution in [0.15, 0.2) is 83.3 Å². The van der Waals surface area contributed by atoms with Crippen molar-refractivity contribution in [1.29, 1.82) is 5.26 Å². The number of hydrogen-bond acceptors (Lipinski definition) is 6. The summed E-state index contributed by atoms with van der Waals surface area (Å²) in [5.41, 5.74) is 7.16. The second kappa shape index (κ2) is 10.2. The average Bonchev–Trinajstić information content (AvgIpc) is 3.46. The number of piperidine rings is 1. The molecule has 1 aliphatic heterocycles. The number of nitriles is 1. The predicted octanol–water partition coefficient (Wildman–Crippen LogP) is 4.83. The molecule has 2 aromatic carbocycles. The van der Waals surface area contributed by atoms with Crippen LogP contribution < -0.4 is 16.2 Å². The van der Waals surface area contributed by atoms with E-state index in [1.165, 1.54) is 15.7 Å². The third-order valence-electron chi connectivity index (χ3n) is 7.53. The zero-order chi connectivity index (χ0) is 28.7. The van der Waals surface area contributed by atoms with Gasteiger partial charge in [0.1, 0.15) is 34.5 Å². The van der Waals surface area contributed by atoms with E-state index >= 15 is 0 Å². The molecule has 0 bridgehead atoms. The van der Waals surface area contributed by atoms with E-state index in [-0.39, 0.29) is 30.0 Å². The molecule has 0 spiro atoms. The summed E-state index contributed by atoms with van der Waals surface area (Å²) in [5.74, 6) is -3.13. The van der Waals surface area contributed by atoms with Gasteiger partial charge in [0.05, 0.1) is 17.2 Å². The Morgan fingerprint density at radius 1 is 1.12 bits per heavy atom. The number of fused-ring (bicyclic) bond motifs is 1. The SMILES string of the molecule is N#CC(=C[C@H]1CC1(F)F)C(=O)N1CCC[C@@H](n2c(=O)n(-c3ccc(Oc4ccccc4)cc3)c3c(N)nccc32)C1. The van der Waals surface area contributed by atoms with Crippen molar-refractivity contribution in [2.45, 2.75) is 31.2 Å². The number of nitrogen functional groups attached to an aromatic ring is 1. The monoisotopic (exact) mass is 556 g/mol. The van der Waals surface area contributed by atoms with Crippen LogP contribution in [-0.4, -0.2) is 43.9 Å². The molecule has 41 heavy (non-hydrogen) atoms. The second-order valence-electron chi connectivity index (χ2n) is 10.3. The zero-order valence-electron chi connectivity index (χ0n) is 21.9. The highest BCUT2D eigenvalue weighted by Gasteiger charge is 2.55. The highest BCUT2D eigenvalue weighted by molar-refractivity contribution is 5.97. The number of aromatic nitrogens is 3. The molecule has 2 fully saturated rings. The molecule has 6 rings (SSSR count). The van der Waals surface area contributed by atoms with Gasteiger partial charge < -0.3 is 15.4 Å². The first-order chi connectivity index (χ1) is 19.8. The maximum atomic E-state index is 14.0. The van der Waals surface area contributed by atoms with Gasteiger partial charge in [0.25, 0.3) is 11.8 Å². The largest absolute Gasteiger partial charge is 0.457 e. The Bertz CT molecular complexity index is 1760. The standard InChI is InChI=1S/C30H26F2N6O3/c31-30(32)16-20(30)15-19(17-33)28(39)36-14-4-5-22(18-36)37-25-12-13-35-27(34)26(25)38(29(37)40)21-8-10-24(11-9-21)41-23-6-2-1-3-7-23/h1-3,6-13,15,20,22H,4-5,14,16,18H2,(H2,34,35)/t20-,22+/m0/s1. The summed E-state index contributed by atoms with van der Waals surface area (Å²) in [4.78, 5) is 32.8. The Balaban J connectivity index is 1.32. The van der Waals surface area contributed by atoms with Crippen LogP contribution in [0.25, 0.3) is 16.7 Å². The first kappa shape index (κ1) is 26.3. The maximum absolute atomic E-state index is 14.0. The summed E-state index contributed by atoms with van der Waals surface area (Å²) in [6.07, 6.45) is 3.40. The average molecular weight is 557 g/mol. The Kier molecular flexibility index (Phi) is 6.53. The van der Waals surface area contributed by atoms with E-state index < -0.39 is 23.8 Å². The number of halogens is 2. The van der Waals surface area contributed by atoms with E-state index in [0.29, 0.717) is 47.6 Å². The number of ether oxygens (including phenoxy) is 1. The molecule has 1 aliphatic carbocycles. The smallest absolute Gasteiger partial charge is 0.334 e. The summed E-state index contributed by atoms with van der Waals surface area (Å²) in [6.45, 7) is 0.499. The van der Waals surface area contributed by atoms with Gasteiger partial charge in [0, 0.05) is 31.6 Å². The van der Waals surface area contributed by atoms with Crippen LogP contribution in [0, 0.1) is 17.2 Å². The molecule has 2 N–H and O–H groups in total. The van der Waals surface area contributed by atoms with E-state index in [1.807, 2.05) is 30.3 Å². The molecule has 11 heteroatoms. The zero-order valence-corrected chi connectivity index (χ0v) is 21.9. The van der Waals surface area contributed by atoms with Crippen LogP contribution in [0.1, 0.15) is 25.3 Å². The number of carbonyl (C=O) groups is 1. The van der Waals surface area contributed by atoms with Crippen molar-refractivity contribution in [3.05, 3.63) is 89.0 Å². The van der Waals surface area contributed by atoms with Gasteiger partial charge in [-0.25, -0.2) is 18.6 Å². The summed E-state index contributed by atoms with van der Waals surface area (Å²) in [5, 5.41) is 9.51. The lowest BCUT2D eigenvalue weighted by Gasteiger charge is -2.33. The number of alkyl halides is 2. The molecule has 1 amide bonds. The predicted molar refractivity (Wildman–Crippen MR) is 148 cm³/mol. The topological polar surface area (TPSA) is 119 Å². The summed E-state index contributed by atoms with van der Waals surface area (Å²) in [7, 11) is 0. The number of hydrogen-bond donors (Lipinski definition) is 1. The Morgan fingerprint density at radius 2 is 1.83 bits per heavy atom. The van der Waals surface area contributed by atoms with E-state index in [2.05, 4.69) is 4.98 Å². The molecule has 1 saturated heterocycles. The fraction of sp³-hybridized carbons (Fsp3) is 0.267. The third kappa shape index (κ3) is 4.93. The number of benzene rings is 2. The molecule has 0 unspecified atom stereocenters. The van der Waals surface area contributed by atoms with Gasteiger partial charge in [0.2, 0.25) is 0 Å². The summed E-state index contributed by atoms with van der Waals surface area (Å²) >= 11 is 0. The number of pyridine rings is 1. The van der Waals surface area contributed by atoms with E-state index in [4.69, 9.17) is 10.5 Å². The first-order valence-electron chi connectivity index (χ1n) is 13.3. The first-order valence-corrected chi connectivity index (χ1v) is 13.3.